The predicted molar refractivity (Wildman–Crippen MR) is 163 cm³/mol. The summed E-state index contributed by atoms with van der Waals surface area (Å²) in [6.45, 7) is 0. The molecule has 42 heavy (non-hydrogen) atoms. The summed E-state index contributed by atoms with van der Waals surface area (Å²) in [5, 5.41) is 3.18. The summed E-state index contributed by atoms with van der Waals surface area (Å²) in [6, 6.07) is 33.3. The van der Waals surface area contributed by atoms with Crippen LogP contribution in [0.1, 0.15) is 22.8 Å². The summed E-state index contributed by atoms with van der Waals surface area (Å²) < 4.78 is 6.21. The zero-order chi connectivity index (χ0) is 28.9. The Balaban J connectivity index is 1.28. The van der Waals surface area contributed by atoms with Crippen LogP contribution >= 0.6 is 23.5 Å². The van der Waals surface area contributed by atoms with E-state index in [9.17, 15) is 14.4 Å². The normalized spacial score (nSPS) is 17.8. The molecule has 1 fully saturated rings. The smallest absolute Gasteiger partial charge is 0.356 e. The van der Waals surface area contributed by atoms with E-state index in [2.05, 4.69) is 10.3 Å². The zero-order valence-electron chi connectivity index (χ0n) is 22.5. The molecule has 1 saturated heterocycles. The second-order valence-electron chi connectivity index (χ2n) is 9.77. The number of esters is 1. The SMILES string of the molecule is O=C(Cc1ccccc1)N[C@@H]1C(=O)N2C(C(=O)OC(c3ccccc3)c3ccccc3)=C(Sc3ccccn3)CS[C@H]12. The van der Waals surface area contributed by atoms with E-state index in [0.29, 0.717) is 15.7 Å². The van der Waals surface area contributed by atoms with Gasteiger partial charge in [0.2, 0.25) is 5.91 Å². The number of carbonyl (C=O) groups is 3. The Morgan fingerprint density at radius 1 is 0.905 bits per heavy atom. The number of fused-ring (bicyclic) bond motifs is 1. The highest BCUT2D eigenvalue weighted by Gasteiger charge is 2.54. The van der Waals surface area contributed by atoms with E-state index in [4.69, 9.17) is 4.74 Å². The molecule has 210 valence electrons. The van der Waals surface area contributed by atoms with Gasteiger partial charge in [0.15, 0.2) is 6.10 Å². The molecule has 3 heterocycles. The number of nitrogens with one attached hydrogen (secondary N) is 1. The van der Waals surface area contributed by atoms with Crippen molar-refractivity contribution in [1.82, 2.24) is 15.2 Å². The Kier molecular flexibility index (Phi) is 8.39. The van der Waals surface area contributed by atoms with Gasteiger partial charge in [0.25, 0.3) is 5.91 Å². The van der Waals surface area contributed by atoms with Crippen molar-refractivity contribution in [3.63, 3.8) is 0 Å². The van der Waals surface area contributed by atoms with Gasteiger partial charge in [0.1, 0.15) is 22.1 Å². The van der Waals surface area contributed by atoms with Crippen molar-refractivity contribution in [2.45, 2.75) is 29.0 Å². The van der Waals surface area contributed by atoms with Gasteiger partial charge in [0, 0.05) is 16.9 Å². The minimum absolute atomic E-state index is 0.170. The van der Waals surface area contributed by atoms with Crippen LogP contribution in [0.4, 0.5) is 0 Å². The molecule has 6 rings (SSSR count). The number of rotatable bonds is 9. The van der Waals surface area contributed by atoms with Crippen LogP contribution in [-0.2, 0) is 25.5 Å². The lowest BCUT2D eigenvalue weighted by Gasteiger charge is -2.49. The number of thioether (sulfide) groups is 2. The van der Waals surface area contributed by atoms with Gasteiger partial charge in [-0.05, 0) is 28.8 Å². The highest BCUT2D eigenvalue weighted by molar-refractivity contribution is 8.06. The topological polar surface area (TPSA) is 88.6 Å². The van der Waals surface area contributed by atoms with E-state index in [1.165, 1.54) is 28.4 Å². The van der Waals surface area contributed by atoms with E-state index < -0.39 is 23.5 Å². The first-order chi connectivity index (χ1) is 20.6. The lowest BCUT2D eigenvalue weighted by Crippen LogP contribution is -2.70. The molecule has 2 aliphatic heterocycles. The van der Waals surface area contributed by atoms with Crippen molar-refractivity contribution in [2.75, 3.05) is 5.75 Å². The number of pyridine rings is 1. The maximum atomic E-state index is 14.1. The number of β-lactam (4-membered cyclic amide) rings is 1. The van der Waals surface area contributed by atoms with E-state index in [-0.39, 0.29) is 23.9 Å². The Hall–Kier alpha value is -4.34. The first kappa shape index (κ1) is 27.8. The minimum Gasteiger partial charge on any atom is -0.448 e. The summed E-state index contributed by atoms with van der Waals surface area (Å²) in [5.74, 6) is -0.712. The molecular formula is C33H27N3O4S2. The standard InChI is InChI=1S/C33H27N3O4S2/c37-26(20-22-12-4-1-5-13-22)35-28-31(38)36-29(25(21-41-32(28)36)42-27-18-10-11-19-34-27)33(39)40-30(23-14-6-2-7-15-23)24-16-8-3-9-17-24/h1-19,28,30,32H,20-21H2,(H,35,37)/t28-,32-/m1/s1. The van der Waals surface area contributed by atoms with Gasteiger partial charge in [0.05, 0.1) is 6.42 Å². The Bertz CT molecular complexity index is 1560. The summed E-state index contributed by atoms with van der Waals surface area (Å²) >= 11 is 2.85. The number of benzene rings is 3. The van der Waals surface area contributed by atoms with E-state index >= 15 is 0 Å². The fourth-order valence-electron chi connectivity index (χ4n) is 4.95. The third kappa shape index (κ3) is 5.98. The van der Waals surface area contributed by atoms with Crippen LogP contribution in [0.3, 0.4) is 0 Å². The van der Waals surface area contributed by atoms with Crippen LogP contribution in [0.15, 0.2) is 131 Å². The van der Waals surface area contributed by atoms with Gasteiger partial charge in [-0.25, -0.2) is 9.78 Å². The maximum absolute atomic E-state index is 14.1. The average molecular weight is 594 g/mol. The van der Waals surface area contributed by atoms with Crippen molar-refractivity contribution in [2.24, 2.45) is 0 Å². The number of nitrogens with zero attached hydrogens (tertiary/aromatic N) is 2. The molecule has 3 aromatic carbocycles. The molecule has 1 aromatic heterocycles. The molecule has 0 aliphatic carbocycles. The second kappa shape index (κ2) is 12.7. The van der Waals surface area contributed by atoms with E-state index in [1.54, 1.807) is 6.20 Å². The molecule has 1 N–H and O–H groups in total. The van der Waals surface area contributed by atoms with Crippen molar-refractivity contribution in [3.05, 3.63) is 143 Å². The Morgan fingerprint density at radius 3 is 2.14 bits per heavy atom. The van der Waals surface area contributed by atoms with Crippen molar-refractivity contribution in [1.29, 1.82) is 0 Å². The molecule has 0 bridgehead atoms. The number of amides is 2. The quantitative estimate of drug-likeness (QED) is 0.207. The van der Waals surface area contributed by atoms with Crippen LogP contribution < -0.4 is 5.32 Å². The third-order valence-electron chi connectivity index (χ3n) is 6.95. The largest absolute Gasteiger partial charge is 0.448 e. The monoisotopic (exact) mass is 593 g/mol. The molecule has 0 saturated carbocycles. The zero-order valence-corrected chi connectivity index (χ0v) is 24.1. The molecule has 2 aliphatic rings. The lowest BCUT2D eigenvalue weighted by molar-refractivity contribution is -0.154. The van der Waals surface area contributed by atoms with Gasteiger partial charge in [-0.3, -0.25) is 14.5 Å². The summed E-state index contributed by atoms with van der Waals surface area (Å²) in [5.41, 5.74) is 2.70. The second-order valence-corrected chi connectivity index (χ2v) is 12.0. The predicted octanol–water partition coefficient (Wildman–Crippen LogP) is 5.36. The molecule has 9 heteroatoms. The molecule has 0 spiro atoms. The van der Waals surface area contributed by atoms with E-state index in [1.807, 2.05) is 109 Å². The van der Waals surface area contributed by atoms with Gasteiger partial charge in [-0.15, -0.1) is 11.8 Å². The highest BCUT2D eigenvalue weighted by atomic mass is 32.2. The van der Waals surface area contributed by atoms with Gasteiger partial charge < -0.3 is 10.1 Å². The molecule has 2 atom stereocenters. The summed E-state index contributed by atoms with van der Waals surface area (Å²) in [7, 11) is 0. The molecule has 0 unspecified atom stereocenters. The van der Waals surface area contributed by atoms with Crippen LogP contribution in [0, 0.1) is 0 Å². The number of hydrogen-bond acceptors (Lipinski definition) is 7. The van der Waals surface area contributed by atoms with Crippen LogP contribution in [-0.4, -0.2) is 44.8 Å². The molecule has 7 nitrogen and oxygen atoms in total. The minimum atomic E-state index is -0.727. The van der Waals surface area contributed by atoms with Crippen LogP contribution in [0.25, 0.3) is 0 Å². The third-order valence-corrected chi connectivity index (χ3v) is 9.44. The van der Waals surface area contributed by atoms with Crippen LogP contribution in [0.2, 0.25) is 0 Å². The van der Waals surface area contributed by atoms with Crippen molar-refractivity contribution < 1.29 is 19.1 Å². The number of hydrogen-bond donors (Lipinski definition) is 1. The average Bonchev–Trinajstić information content (AvgIpc) is 3.04. The van der Waals surface area contributed by atoms with Crippen LogP contribution in [0.5, 0.6) is 0 Å². The number of carbonyl (C=O) groups excluding carboxylic acids is 3. The number of aromatic nitrogens is 1. The fraction of sp³-hybridized carbons (Fsp3) is 0.152. The number of ether oxygens (including phenoxy) is 1. The van der Waals surface area contributed by atoms with Gasteiger partial charge in [-0.1, -0.05) is 109 Å². The van der Waals surface area contributed by atoms with Gasteiger partial charge >= 0.3 is 5.97 Å². The highest BCUT2D eigenvalue weighted by Crippen LogP contribution is 2.45. The summed E-state index contributed by atoms with van der Waals surface area (Å²) in [4.78, 5) is 47.0. The van der Waals surface area contributed by atoms with Crippen molar-refractivity contribution >= 4 is 41.3 Å². The first-order valence-corrected chi connectivity index (χ1v) is 15.4. The Morgan fingerprint density at radius 2 is 1.52 bits per heavy atom. The fourth-order valence-corrected chi connectivity index (χ4v) is 7.37. The maximum Gasteiger partial charge on any atom is 0.356 e. The molecule has 0 radical (unpaired) electrons. The first-order valence-electron chi connectivity index (χ1n) is 13.5. The molecule has 4 aromatic rings. The molecular weight excluding hydrogens is 567 g/mol. The van der Waals surface area contributed by atoms with E-state index in [0.717, 1.165) is 16.7 Å². The van der Waals surface area contributed by atoms with Gasteiger partial charge in [-0.2, -0.15) is 0 Å². The van der Waals surface area contributed by atoms with Crippen molar-refractivity contribution in [3.8, 4) is 0 Å². The Labute approximate surface area is 252 Å². The summed E-state index contributed by atoms with van der Waals surface area (Å²) in [6.07, 6.45) is 1.19. The lowest BCUT2D eigenvalue weighted by atomic mass is 10.0. The molecule has 2 amide bonds.